The van der Waals surface area contributed by atoms with Crippen molar-refractivity contribution in [3.8, 4) is 17.2 Å². The summed E-state index contributed by atoms with van der Waals surface area (Å²) in [4.78, 5) is 24.3. The summed E-state index contributed by atoms with van der Waals surface area (Å²) in [6, 6.07) is 3.11. The molecule has 0 aliphatic rings. The number of aromatic hydroxyl groups is 1. The Bertz CT molecular complexity index is 762. The van der Waals surface area contributed by atoms with Gasteiger partial charge in [-0.05, 0) is 39.3 Å². The normalized spacial score (nSPS) is 12.9. The van der Waals surface area contributed by atoms with E-state index in [2.05, 4.69) is 0 Å². The maximum Gasteiger partial charge on any atom is 0.337 e. The molecule has 0 radical (unpaired) electrons. The minimum absolute atomic E-state index is 0.117. The van der Waals surface area contributed by atoms with E-state index in [1.807, 2.05) is 6.92 Å². The fourth-order valence-electron chi connectivity index (χ4n) is 2.38. The molecule has 0 saturated carbocycles. The smallest absolute Gasteiger partial charge is 0.337 e. The molecule has 0 spiro atoms. The van der Waals surface area contributed by atoms with Gasteiger partial charge in [0.25, 0.3) is 0 Å². The topological polar surface area (TPSA) is 91.3 Å². The number of phenols is 1. The highest BCUT2D eigenvalue weighted by Crippen LogP contribution is 2.40. The van der Waals surface area contributed by atoms with Gasteiger partial charge in [-0.3, -0.25) is 0 Å². The molecule has 1 aromatic rings. The summed E-state index contributed by atoms with van der Waals surface area (Å²) >= 11 is 0. The molecule has 0 unspecified atom stereocenters. The van der Waals surface area contributed by atoms with Crippen molar-refractivity contribution in [1.82, 2.24) is 0 Å². The monoisotopic (exact) mass is 392 g/mol. The fraction of sp³-hybridized carbons (Fsp3) is 0.429. The van der Waals surface area contributed by atoms with Crippen LogP contribution in [0.4, 0.5) is 0 Å². The van der Waals surface area contributed by atoms with Crippen LogP contribution in [-0.2, 0) is 19.1 Å². The number of ether oxygens (including phenoxy) is 4. The van der Waals surface area contributed by atoms with Crippen LogP contribution in [0.3, 0.4) is 0 Å². The van der Waals surface area contributed by atoms with Gasteiger partial charge >= 0.3 is 11.9 Å². The lowest BCUT2D eigenvalue weighted by Gasteiger charge is -2.20. The number of carbonyl (C=O) groups excluding carboxylic acids is 2. The number of hydrogen-bond acceptors (Lipinski definition) is 7. The molecule has 7 heteroatoms. The Morgan fingerprint density at radius 1 is 1.11 bits per heavy atom. The molecule has 1 rings (SSSR count). The van der Waals surface area contributed by atoms with Gasteiger partial charge in [-0.25, -0.2) is 9.59 Å². The van der Waals surface area contributed by atoms with E-state index in [0.29, 0.717) is 23.3 Å². The molecule has 1 atom stereocenters. The van der Waals surface area contributed by atoms with E-state index in [0.717, 1.165) is 0 Å². The second-order valence-electron chi connectivity index (χ2n) is 5.94. The summed E-state index contributed by atoms with van der Waals surface area (Å²) in [5.74, 6) is -0.684. The Morgan fingerprint density at radius 2 is 1.79 bits per heavy atom. The minimum Gasteiger partial charge on any atom is -0.504 e. The SMILES string of the molecule is CC=C(C)C(=O)OCC(=CC)C(=O)O[C@@H](CC)c1cc(O)c(OC)c(OC)c1. The van der Waals surface area contributed by atoms with Crippen molar-refractivity contribution in [3.05, 3.63) is 41.0 Å². The lowest BCUT2D eigenvalue weighted by Crippen LogP contribution is -2.18. The van der Waals surface area contributed by atoms with Gasteiger partial charge in [0.2, 0.25) is 5.75 Å². The molecule has 0 fully saturated rings. The number of rotatable bonds is 9. The van der Waals surface area contributed by atoms with Gasteiger partial charge in [0.05, 0.1) is 19.8 Å². The van der Waals surface area contributed by atoms with E-state index in [-0.39, 0.29) is 23.7 Å². The fourth-order valence-corrected chi connectivity index (χ4v) is 2.38. The Labute approximate surface area is 165 Å². The van der Waals surface area contributed by atoms with Gasteiger partial charge in [0.1, 0.15) is 12.7 Å². The molecule has 1 N–H and O–H groups in total. The van der Waals surface area contributed by atoms with Crippen LogP contribution in [0.5, 0.6) is 17.2 Å². The van der Waals surface area contributed by atoms with Crippen LogP contribution < -0.4 is 9.47 Å². The Morgan fingerprint density at radius 3 is 2.29 bits per heavy atom. The maximum absolute atomic E-state index is 12.5. The lowest BCUT2D eigenvalue weighted by atomic mass is 10.1. The van der Waals surface area contributed by atoms with Gasteiger partial charge in [0.15, 0.2) is 11.5 Å². The first-order chi connectivity index (χ1) is 13.3. The summed E-state index contributed by atoms with van der Waals surface area (Å²) in [5, 5.41) is 10.1. The number of benzene rings is 1. The zero-order valence-corrected chi connectivity index (χ0v) is 17.2. The molecule has 28 heavy (non-hydrogen) atoms. The maximum atomic E-state index is 12.5. The lowest BCUT2D eigenvalue weighted by molar-refractivity contribution is -0.146. The van der Waals surface area contributed by atoms with Gasteiger partial charge in [0, 0.05) is 11.1 Å². The van der Waals surface area contributed by atoms with Crippen molar-refractivity contribution in [2.75, 3.05) is 20.8 Å². The standard InChI is InChI=1S/C21H28O7/c1-7-13(4)20(23)27-12-14(8-2)21(24)28-17(9-3)15-10-16(22)19(26-6)18(11-15)25-5/h7-8,10-11,17,22H,9,12H2,1-6H3/t17-/m0/s1. The zero-order valence-electron chi connectivity index (χ0n) is 17.2. The van der Waals surface area contributed by atoms with Crippen LogP contribution in [0.1, 0.15) is 45.8 Å². The van der Waals surface area contributed by atoms with E-state index in [1.54, 1.807) is 39.0 Å². The predicted molar refractivity (Wildman–Crippen MR) is 104 cm³/mol. The largest absolute Gasteiger partial charge is 0.504 e. The van der Waals surface area contributed by atoms with Crippen molar-refractivity contribution in [1.29, 1.82) is 0 Å². The molecule has 0 aromatic heterocycles. The van der Waals surface area contributed by atoms with E-state index < -0.39 is 18.0 Å². The molecule has 0 amide bonds. The average Bonchev–Trinajstić information content (AvgIpc) is 2.70. The van der Waals surface area contributed by atoms with Crippen molar-refractivity contribution < 1.29 is 33.6 Å². The first-order valence-corrected chi connectivity index (χ1v) is 8.93. The number of allylic oxidation sites excluding steroid dienone is 2. The molecule has 154 valence electrons. The van der Waals surface area contributed by atoms with Crippen molar-refractivity contribution in [2.24, 2.45) is 0 Å². The molecule has 0 bridgehead atoms. The highest BCUT2D eigenvalue weighted by atomic mass is 16.6. The highest BCUT2D eigenvalue weighted by Gasteiger charge is 2.22. The van der Waals surface area contributed by atoms with E-state index in [9.17, 15) is 14.7 Å². The third kappa shape index (κ3) is 5.77. The van der Waals surface area contributed by atoms with Crippen LogP contribution in [0.2, 0.25) is 0 Å². The number of phenolic OH excluding ortho intramolecular Hbond substituents is 1. The molecule has 1 aromatic carbocycles. The van der Waals surface area contributed by atoms with Crippen LogP contribution >= 0.6 is 0 Å². The number of esters is 2. The van der Waals surface area contributed by atoms with Crippen LogP contribution in [0.25, 0.3) is 0 Å². The van der Waals surface area contributed by atoms with Crippen molar-refractivity contribution in [3.63, 3.8) is 0 Å². The Hall–Kier alpha value is -2.96. The van der Waals surface area contributed by atoms with Crippen LogP contribution in [0.15, 0.2) is 35.4 Å². The Kier molecular flexibility index (Phi) is 9.08. The van der Waals surface area contributed by atoms with E-state index in [4.69, 9.17) is 18.9 Å². The highest BCUT2D eigenvalue weighted by molar-refractivity contribution is 5.91. The molecule has 0 aliphatic heterocycles. The van der Waals surface area contributed by atoms with Crippen molar-refractivity contribution >= 4 is 11.9 Å². The summed E-state index contributed by atoms with van der Waals surface area (Å²) in [5.41, 5.74) is 1.24. The summed E-state index contributed by atoms with van der Waals surface area (Å²) in [7, 11) is 2.87. The first-order valence-electron chi connectivity index (χ1n) is 8.93. The van der Waals surface area contributed by atoms with E-state index in [1.165, 1.54) is 20.3 Å². The van der Waals surface area contributed by atoms with Gasteiger partial charge in [-0.1, -0.05) is 19.1 Å². The number of methoxy groups -OCH3 is 2. The second kappa shape index (κ2) is 11.0. The third-order valence-corrected chi connectivity index (χ3v) is 4.20. The van der Waals surface area contributed by atoms with Gasteiger partial charge in [-0.15, -0.1) is 0 Å². The second-order valence-corrected chi connectivity index (χ2v) is 5.94. The van der Waals surface area contributed by atoms with Gasteiger partial charge < -0.3 is 24.1 Å². The molecule has 0 heterocycles. The van der Waals surface area contributed by atoms with Gasteiger partial charge in [-0.2, -0.15) is 0 Å². The molecule has 0 aliphatic carbocycles. The summed E-state index contributed by atoms with van der Waals surface area (Å²) < 4.78 is 21.0. The predicted octanol–water partition coefficient (Wildman–Crippen LogP) is 3.86. The number of carbonyl (C=O) groups is 2. The number of hydrogen-bond donors (Lipinski definition) is 1. The molecule has 7 nitrogen and oxygen atoms in total. The zero-order chi connectivity index (χ0) is 21.3. The minimum atomic E-state index is -0.624. The molecular formula is C21H28O7. The third-order valence-electron chi connectivity index (χ3n) is 4.20. The van der Waals surface area contributed by atoms with Crippen LogP contribution in [-0.4, -0.2) is 37.9 Å². The van der Waals surface area contributed by atoms with E-state index >= 15 is 0 Å². The summed E-state index contributed by atoms with van der Waals surface area (Å²) in [6.07, 6.45) is 3.02. The quantitative estimate of drug-likeness (QED) is 0.504. The molecule has 0 saturated heterocycles. The van der Waals surface area contributed by atoms with Crippen LogP contribution in [0, 0.1) is 0 Å². The average molecular weight is 392 g/mol. The molecular weight excluding hydrogens is 364 g/mol. The summed E-state index contributed by atoms with van der Waals surface area (Å²) in [6.45, 7) is 6.68. The van der Waals surface area contributed by atoms with Crippen molar-refractivity contribution in [2.45, 2.75) is 40.2 Å². The Balaban J connectivity index is 2.95. The first kappa shape index (κ1) is 23.1.